The number of carbonyl (C=O) groups excluding carboxylic acids is 1. The summed E-state index contributed by atoms with van der Waals surface area (Å²) in [5.41, 5.74) is 0.679. The van der Waals surface area contributed by atoms with Crippen molar-refractivity contribution >= 4 is 17.3 Å². The Labute approximate surface area is 130 Å². The molecule has 0 radical (unpaired) electrons. The van der Waals surface area contributed by atoms with Crippen molar-refractivity contribution in [2.24, 2.45) is 0 Å². The minimum absolute atomic E-state index is 0.165. The minimum Gasteiger partial charge on any atom is -0.465 e. The molecule has 6 heteroatoms. The molecule has 5 nitrogen and oxygen atoms in total. The number of thiazole rings is 1. The number of piperazine rings is 1. The Morgan fingerprint density at radius 1 is 1.38 bits per heavy atom. The number of methoxy groups -OCH3 is 1. The van der Waals surface area contributed by atoms with Crippen molar-refractivity contribution in [3.63, 3.8) is 0 Å². The van der Waals surface area contributed by atoms with Gasteiger partial charge in [-0.15, -0.1) is 11.3 Å². The normalized spacial score (nSPS) is 18.5. The fourth-order valence-corrected chi connectivity index (χ4v) is 3.76. The largest absolute Gasteiger partial charge is 0.465 e. The molecule has 0 aromatic carbocycles. The van der Waals surface area contributed by atoms with Crippen molar-refractivity contribution in [3.8, 4) is 0 Å². The number of hydrogen-bond acceptors (Lipinski definition) is 6. The highest BCUT2D eigenvalue weighted by Gasteiger charge is 2.30. The Kier molecular flexibility index (Phi) is 5.01. The first-order valence-corrected chi connectivity index (χ1v) is 8.20. The van der Waals surface area contributed by atoms with Gasteiger partial charge < -0.3 is 10.1 Å². The summed E-state index contributed by atoms with van der Waals surface area (Å²) in [5.74, 6) is -0.281. The summed E-state index contributed by atoms with van der Waals surface area (Å²) in [4.78, 5) is 19.8. The van der Waals surface area contributed by atoms with Gasteiger partial charge in [0.05, 0.1) is 18.8 Å². The van der Waals surface area contributed by atoms with Crippen LogP contribution in [0.15, 0.2) is 0 Å². The summed E-state index contributed by atoms with van der Waals surface area (Å²) < 4.78 is 4.92. The second-order valence-electron chi connectivity index (χ2n) is 6.43. The predicted molar refractivity (Wildman–Crippen MR) is 85.0 cm³/mol. The summed E-state index contributed by atoms with van der Waals surface area (Å²) in [6, 6.07) is 0.233. The maximum Gasteiger partial charge on any atom is 0.350 e. The Bertz CT molecular complexity index is 502. The lowest BCUT2D eigenvalue weighted by atomic mass is 9.91. The predicted octanol–water partition coefficient (Wildman–Crippen LogP) is 2.19. The number of esters is 1. The van der Waals surface area contributed by atoms with E-state index in [9.17, 15) is 4.79 Å². The molecule has 0 bridgehead atoms. The van der Waals surface area contributed by atoms with Crippen LogP contribution in [0.25, 0.3) is 0 Å². The maximum atomic E-state index is 12.0. The zero-order valence-electron chi connectivity index (χ0n) is 13.5. The first-order chi connectivity index (χ1) is 9.84. The topological polar surface area (TPSA) is 54.5 Å². The van der Waals surface area contributed by atoms with E-state index in [2.05, 4.69) is 37.9 Å². The van der Waals surface area contributed by atoms with E-state index in [1.54, 1.807) is 0 Å². The molecule has 1 aliphatic heterocycles. The summed E-state index contributed by atoms with van der Waals surface area (Å²) >= 11 is 1.47. The van der Waals surface area contributed by atoms with Crippen LogP contribution in [0.4, 0.5) is 0 Å². The number of carbonyl (C=O) groups is 1. The summed E-state index contributed by atoms with van der Waals surface area (Å²) in [6.07, 6.45) is 0. The van der Waals surface area contributed by atoms with Gasteiger partial charge in [0.25, 0.3) is 0 Å². The molecule has 0 aliphatic carbocycles. The SMILES string of the molecule is COC(=O)c1sc(C(C)N2CCNCC2)nc1C(C)(C)C. The molecule has 0 spiro atoms. The molecule has 1 saturated heterocycles. The first kappa shape index (κ1) is 16.4. The number of nitrogens with zero attached hydrogens (tertiary/aromatic N) is 2. The van der Waals surface area contributed by atoms with Gasteiger partial charge in [0.2, 0.25) is 0 Å². The van der Waals surface area contributed by atoms with Crippen molar-refractivity contribution in [1.82, 2.24) is 15.2 Å². The molecule has 1 aromatic rings. The van der Waals surface area contributed by atoms with E-state index in [1.165, 1.54) is 18.4 Å². The average molecular weight is 311 g/mol. The Balaban J connectivity index is 2.32. The molecule has 1 aromatic heterocycles. The van der Waals surface area contributed by atoms with Crippen molar-refractivity contribution in [3.05, 3.63) is 15.6 Å². The van der Waals surface area contributed by atoms with E-state index in [4.69, 9.17) is 9.72 Å². The van der Waals surface area contributed by atoms with E-state index in [0.29, 0.717) is 4.88 Å². The van der Waals surface area contributed by atoms with Gasteiger partial charge in [-0.3, -0.25) is 4.90 Å². The lowest BCUT2D eigenvalue weighted by Crippen LogP contribution is -2.44. The summed E-state index contributed by atoms with van der Waals surface area (Å²) in [5, 5.41) is 4.36. The highest BCUT2D eigenvalue weighted by atomic mass is 32.1. The Hall–Kier alpha value is -0.980. The molecule has 21 heavy (non-hydrogen) atoms. The number of ether oxygens (including phenoxy) is 1. The van der Waals surface area contributed by atoms with Gasteiger partial charge in [-0.1, -0.05) is 20.8 Å². The van der Waals surface area contributed by atoms with Gasteiger partial charge in [0, 0.05) is 31.6 Å². The Morgan fingerprint density at radius 3 is 2.52 bits per heavy atom. The van der Waals surface area contributed by atoms with Crippen LogP contribution in [0.5, 0.6) is 0 Å². The van der Waals surface area contributed by atoms with Crippen molar-refractivity contribution in [2.75, 3.05) is 33.3 Å². The molecule has 1 N–H and O–H groups in total. The fourth-order valence-electron chi connectivity index (χ4n) is 2.48. The summed E-state index contributed by atoms with van der Waals surface area (Å²) in [7, 11) is 1.42. The molecule has 2 rings (SSSR count). The van der Waals surface area contributed by atoms with Crippen LogP contribution in [0.3, 0.4) is 0 Å². The van der Waals surface area contributed by atoms with Crippen LogP contribution in [0.2, 0.25) is 0 Å². The van der Waals surface area contributed by atoms with Gasteiger partial charge in [-0.2, -0.15) is 0 Å². The molecule has 2 heterocycles. The molecular formula is C15H25N3O2S. The number of hydrogen-bond donors (Lipinski definition) is 1. The third kappa shape index (κ3) is 3.62. The monoisotopic (exact) mass is 311 g/mol. The zero-order valence-corrected chi connectivity index (χ0v) is 14.3. The number of aromatic nitrogens is 1. The molecule has 0 saturated carbocycles. The molecule has 0 amide bonds. The van der Waals surface area contributed by atoms with E-state index < -0.39 is 0 Å². The second-order valence-corrected chi connectivity index (χ2v) is 7.46. The van der Waals surface area contributed by atoms with Gasteiger partial charge in [0.15, 0.2) is 0 Å². The second kappa shape index (κ2) is 6.42. The molecule has 1 atom stereocenters. The van der Waals surface area contributed by atoms with Gasteiger partial charge >= 0.3 is 5.97 Å². The van der Waals surface area contributed by atoms with Gasteiger partial charge in [0.1, 0.15) is 9.88 Å². The van der Waals surface area contributed by atoms with Gasteiger partial charge in [-0.25, -0.2) is 9.78 Å². The number of nitrogens with one attached hydrogen (secondary N) is 1. The highest BCUT2D eigenvalue weighted by molar-refractivity contribution is 7.13. The van der Waals surface area contributed by atoms with Crippen molar-refractivity contribution in [2.45, 2.75) is 39.2 Å². The van der Waals surface area contributed by atoms with E-state index in [1.807, 2.05) is 0 Å². The van der Waals surface area contributed by atoms with Crippen molar-refractivity contribution < 1.29 is 9.53 Å². The average Bonchev–Trinajstić information content (AvgIpc) is 2.92. The highest BCUT2D eigenvalue weighted by Crippen LogP contribution is 2.34. The van der Waals surface area contributed by atoms with E-state index in [-0.39, 0.29) is 17.4 Å². The minimum atomic E-state index is -0.281. The van der Waals surface area contributed by atoms with Crippen LogP contribution in [-0.2, 0) is 10.2 Å². The standard InChI is InChI=1S/C15H25N3O2S/c1-10(18-8-6-16-7-9-18)13-17-12(15(2,3)4)11(21-13)14(19)20-5/h10,16H,6-9H2,1-5H3. The molecule has 1 fully saturated rings. The third-order valence-corrected chi connectivity index (χ3v) is 4.99. The van der Waals surface area contributed by atoms with Crippen LogP contribution in [-0.4, -0.2) is 49.1 Å². The van der Waals surface area contributed by atoms with Crippen LogP contribution in [0.1, 0.15) is 54.1 Å². The van der Waals surface area contributed by atoms with E-state index >= 15 is 0 Å². The molecule has 1 unspecified atom stereocenters. The summed E-state index contributed by atoms with van der Waals surface area (Å²) in [6.45, 7) is 12.4. The third-order valence-electron chi connectivity index (χ3n) is 3.78. The zero-order chi connectivity index (χ0) is 15.6. The quantitative estimate of drug-likeness (QED) is 0.867. The Morgan fingerprint density at radius 2 is 2.00 bits per heavy atom. The molecule has 118 valence electrons. The number of rotatable bonds is 3. The smallest absolute Gasteiger partial charge is 0.350 e. The first-order valence-electron chi connectivity index (χ1n) is 7.39. The van der Waals surface area contributed by atoms with Gasteiger partial charge in [-0.05, 0) is 6.92 Å². The molecule has 1 aliphatic rings. The molecular weight excluding hydrogens is 286 g/mol. The lowest BCUT2D eigenvalue weighted by molar-refractivity contribution is 0.0603. The van der Waals surface area contributed by atoms with Crippen LogP contribution in [0, 0.1) is 0 Å². The van der Waals surface area contributed by atoms with Crippen molar-refractivity contribution in [1.29, 1.82) is 0 Å². The van der Waals surface area contributed by atoms with E-state index in [0.717, 1.165) is 36.9 Å². The maximum absolute atomic E-state index is 12.0. The van der Waals surface area contributed by atoms with Crippen LogP contribution >= 0.6 is 11.3 Å². The van der Waals surface area contributed by atoms with Crippen LogP contribution < -0.4 is 5.32 Å². The lowest BCUT2D eigenvalue weighted by Gasteiger charge is -2.31. The fraction of sp³-hybridized carbons (Fsp3) is 0.733.